The van der Waals surface area contributed by atoms with Gasteiger partial charge >= 0.3 is 12.0 Å². The van der Waals surface area contributed by atoms with Crippen LogP contribution in [-0.4, -0.2) is 17.1 Å². The zero-order valence-electron chi connectivity index (χ0n) is 11.1. The Kier molecular flexibility index (Phi) is 4.98. The first-order valence-corrected chi connectivity index (χ1v) is 7.75. The smallest absolute Gasteiger partial charge is 0.331 e. The van der Waals surface area contributed by atoms with Crippen molar-refractivity contribution in [3.05, 3.63) is 50.6 Å². The molecular formula is C14H13BrN2O3S. The van der Waals surface area contributed by atoms with Crippen LogP contribution in [0.15, 0.2) is 40.2 Å². The fraction of sp³-hybridized carbons (Fsp3) is 0.143. The normalized spacial score (nSPS) is 11.7. The molecule has 0 bridgehead atoms. The molecule has 0 aliphatic carbocycles. The predicted molar refractivity (Wildman–Crippen MR) is 85.7 cm³/mol. The van der Waals surface area contributed by atoms with Gasteiger partial charge in [-0.25, -0.2) is 9.59 Å². The number of carboxylic acid groups (broad SMARTS) is 1. The predicted octanol–water partition coefficient (Wildman–Crippen LogP) is 3.77. The molecule has 0 aliphatic heterocycles. The molecule has 0 saturated heterocycles. The molecule has 0 fully saturated rings. The SMILES string of the molecule is Cc1c(Br)cccc1NC(=O)NC(C(=O)O)c1cccs1. The van der Waals surface area contributed by atoms with Crippen LogP contribution >= 0.6 is 27.3 Å². The summed E-state index contributed by atoms with van der Waals surface area (Å²) >= 11 is 4.66. The summed E-state index contributed by atoms with van der Waals surface area (Å²) in [4.78, 5) is 23.8. The quantitative estimate of drug-likeness (QED) is 0.768. The van der Waals surface area contributed by atoms with Crippen molar-refractivity contribution in [2.45, 2.75) is 13.0 Å². The van der Waals surface area contributed by atoms with Gasteiger partial charge in [0.25, 0.3) is 0 Å². The molecule has 5 nitrogen and oxygen atoms in total. The number of halogens is 1. The number of rotatable bonds is 4. The summed E-state index contributed by atoms with van der Waals surface area (Å²) in [5.74, 6) is -1.10. The molecule has 0 saturated carbocycles. The molecule has 0 spiro atoms. The van der Waals surface area contributed by atoms with Crippen molar-refractivity contribution < 1.29 is 14.7 Å². The highest BCUT2D eigenvalue weighted by Crippen LogP contribution is 2.24. The van der Waals surface area contributed by atoms with Gasteiger partial charge in [-0.1, -0.05) is 28.1 Å². The fourth-order valence-corrected chi connectivity index (χ4v) is 2.88. The van der Waals surface area contributed by atoms with Crippen molar-refractivity contribution in [3.63, 3.8) is 0 Å². The molecular weight excluding hydrogens is 356 g/mol. The number of hydrogen-bond donors (Lipinski definition) is 3. The van der Waals surface area contributed by atoms with Gasteiger partial charge in [0.1, 0.15) is 0 Å². The van der Waals surface area contributed by atoms with Crippen molar-refractivity contribution in [1.82, 2.24) is 5.32 Å². The van der Waals surface area contributed by atoms with Crippen LogP contribution in [0.3, 0.4) is 0 Å². The maximum atomic E-state index is 12.0. The Hall–Kier alpha value is -1.86. The van der Waals surface area contributed by atoms with E-state index in [1.54, 1.807) is 29.6 Å². The summed E-state index contributed by atoms with van der Waals surface area (Å²) < 4.78 is 0.869. The average molecular weight is 369 g/mol. The van der Waals surface area contributed by atoms with Crippen molar-refractivity contribution in [3.8, 4) is 0 Å². The molecule has 3 N–H and O–H groups in total. The molecule has 0 aliphatic rings. The van der Waals surface area contributed by atoms with Gasteiger partial charge in [0.2, 0.25) is 0 Å². The number of thiophene rings is 1. The number of carboxylic acids is 1. The Morgan fingerprint density at radius 2 is 2.05 bits per heavy atom. The molecule has 1 unspecified atom stereocenters. The van der Waals surface area contributed by atoms with Crippen LogP contribution in [0.5, 0.6) is 0 Å². The summed E-state index contributed by atoms with van der Waals surface area (Å²) in [6.45, 7) is 1.85. The summed E-state index contributed by atoms with van der Waals surface area (Å²) in [5, 5.41) is 16.1. The molecule has 1 heterocycles. The minimum atomic E-state index is -1.10. The van der Waals surface area contributed by atoms with E-state index in [1.807, 2.05) is 13.0 Å². The van der Waals surface area contributed by atoms with Gasteiger partial charge in [0.15, 0.2) is 6.04 Å². The number of amides is 2. The van der Waals surface area contributed by atoms with E-state index < -0.39 is 18.0 Å². The third-order valence-corrected chi connectivity index (χ3v) is 4.66. The first-order chi connectivity index (χ1) is 9.99. The van der Waals surface area contributed by atoms with Crippen LogP contribution < -0.4 is 10.6 Å². The Morgan fingerprint density at radius 1 is 1.29 bits per heavy atom. The largest absolute Gasteiger partial charge is 0.479 e. The Morgan fingerprint density at radius 3 is 2.67 bits per heavy atom. The van der Waals surface area contributed by atoms with Crippen molar-refractivity contribution >= 4 is 45.0 Å². The maximum absolute atomic E-state index is 12.0. The molecule has 1 aromatic heterocycles. The van der Waals surface area contributed by atoms with Gasteiger partial charge in [-0.05, 0) is 36.1 Å². The van der Waals surface area contributed by atoms with Gasteiger partial charge in [0, 0.05) is 15.0 Å². The van der Waals surface area contributed by atoms with Crippen molar-refractivity contribution in [2.24, 2.45) is 0 Å². The number of anilines is 1. The monoisotopic (exact) mass is 368 g/mol. The molecule has 2 aromatic rings. The van der Waals surface area contributed by atoms with Crippen LogP contribution in [0.25, 0.3) is 0 Å². The number of benzene rings is 1. The summed E-state index contributed by atoms with van der Waals surface area (Å²) in [6.07, 6.45) is 0. The van der Waals surface area contributed by atoms with Gasteiger partial charge in [-0.15, -0.1) is 11.3 Å². The van der Waals surface area contributed by atoms with Crippen molar-refractivity contribution in [2.75, 3.05) is 5.32 Å². The van der Waals surface area contributed by atoms with E-state index in [1.165, 1.54) is 11.3 Å². The van der Waals surface area contributed by atoms with E-state index in [0.29, 0.717) is 10.6 Å². The number of aliphatic carboxylic acids is 1. The van der Waals surface area contributed by atoms with Gasteiger partial charge in [0.05, 0.1) is 0 Å². The Bertz CT molecular complexity index is 658. The minimum Gasteiger partial charge on any atom is -0.479 e. The van der Waals surface area contributed by atoms with Crippen LogP contribution in [0, 0.1) is 6.92 Å². The lowest BCUT2D eigenvalue weighted by atomic mass is 10.2. The highest BCUT2D eigenvalue weighted by atomic mass is 79.9. The number of nitrogens with one attached hydrogen (secondary N) is 2. The van der Waals surface area contributed by atoms with E-state index in [2.05, 4.69) is 26.6 Å². The fourth-order valence-electron chi connectivity index (χ4n) is 1.74. The zero-order valence-corrected chi connectivity index (χ0v) is 13.5. The highest BCUT2D eigenvalue weighted by Gasteiger charge is 2.23. The highest BCUT2D eigenvalue weighted by molar-refractivity contribution is 9.10. The van der Waals surface area contributed by atoms with E-state index in [4.69, 9.17) is 0 Å². The maximum Gasteiger partial charge on any atom is 0.331 e. The summed E-state index contributed by atoms with van der Waals surface area (Å²) in [6, 6.07) is 7.21. The van der Waals surface area contributed by atoms with Gasteiger partial charge in [-0.3, -0.25) is 0 Å². The molecule has 1 aromatic carbocycles. The van der Waals surface area contributed by atoms with Crippen LogP contribution in [0.2, 0.25) is 0 Å². The molecule has 0 radical (unpaired) electrons. The van der Waals surface area contributed by atoms with Crippen LogP contribution in [-0.2, 0) is 4.79 Å². The second-order valence-electron chi connectivity index (χ2n) is 4.30. The number of hydrogen-bond acceptors (Lipinski definition) is 3. The second kappa shape index (κ2) is 6.73. The Balaban J connectivity index is 2.10. The number of carbonyl (C=O) groups is 2. The standard InChI is InChI=1S/C14H13BrN2O3S/c1-8-9(15)4-2-5-10(8)16-14(20)17-12(13(18)19)11-6-3-7-21-11/h2-7,12H,1H3,(H,18,19)(H2,16,17,20). The van der Waals surface area contributed by atoms with Crippen LogP contribution in [0.1, 0.15) is 16.5 Å². The van der Waals surface area contributed by atoms with E-state index in [0.717, 1.165) is 10.0 Å². The van der Waals surface area contributed by atoms with E-state index >= 15 is 0 Å². The van der Waals surface area contributed by atoms with E-state index in [-0.39, 0.29) is 0 Å². The third-order valence-electron chi connectivity index (χ3n) is 2.87. The molecule has 110 valence electrons. The lowest BCUT2D eigenvalue weighted by Gasteiger charge is -2.15. The van der Waals surface area contributed by atoms with Crippen LogP contribution in [0.4, 0.5) is 10.5 Å². The molecule has 2 rings (SSSR count). The average Bonchev–Trinajstić information content (AvgIpc) is 2.95. The van der Waals surface area contributed by atoms with Crippen molar-refractivity contribution in [1.29, 1.82) is 0 Å². The Labute approximate surface area is 134 Å². The van der Waals surface area contributed by atoms with E-state index in [9.17, 15) is 14.7 Å². The first kappa shape index (κ1) is 15.5. The molecule has 21 heavy (non-hydrogen) atoms. The molecule has 1 atom stereocenters. The molecule has 7 heteroatoms. The molecule has 2 amide bonds. The second-order valence-corrected chi connectivity index (χ2v) is 6.13. The first-order valence-electron chi connectivity index (χ1n) is 6.08. The summed E-state index contributed by atoms with van der Waals surface area (Å²) in [5.41, 5.74) is 1.49. The number of carbonyl (C=O) groups excluding carboxylic acids is 1. The lowest BCUT2D eigenvalue weighted by Crippen LogP contribution is -2.36. The third kappa shape index (κ3) is 3.83. The zero-order chi connectivity index (χ0) is 15.4. The van der Waals surface area contributed by atoms with Gasteiger partial charge < -0.3 is 15.7 Å². The minimum absolute atomic E-state index is 0.558. The summed E-state index contributed by atoms with van der Waals surface area (Å²) in [7, 11) is 0. The topological polar surface area (TPSA) is 78.4 Å². The number of urea groups is 1. The lowest BCUT2D eigenvalue weighted by molar-refractivity contribution is -0.139. The van der Waals surface area contributed by atoms with Gasteiger partial charge in [-0.2, -0.15) is 0 Å².